The van der Waals surface area contributed by atoms with Crippen molar-refractivity contribution >= 4 is 33.2 Å². The Labute approximate surface area is 97.5 Å². The maximum atomic E-state index is 11.2. The molecule has 0 heterocycles. The van der Waals surface area contributed by atoms with Gasteiger partial charge in [-0.15, -0.1) is 0 Å². The Morgan fingerprint density at radius 1 is 1.40 bits per heavy atom. The summed E-state index contributed by atoms with van der Waals surface area (Å²) in [5.74, 6) is -0.00815. The van der Waals surface area contributed by atoms with Crippen LogP contribution in [-0.4, -0.2) is 11.2 Å². The molecule has 0 radical (unpaired) electrons. The Balaban J connectivity index is 2.64. The van der Waals surface area contributed by atoms with Crippen molar-refractivity contribution < 1.29 is 4.79 Å². The lowest BCUT2D eigenvalue weighted by Crippen LogP contribution is -2.11. The molecular formula is C11H13BrN2O. The summed E-state index contributed by atoms with van der Waals surface area (Å²) >= 11 is 3.21. The average molecular weight is 269 g/mol. The minimum Gasteiger partial charge on any atom is -0.399 e. The summed E-state index contributed by atoms with van der Waals surface area (Å²) in [6, 6.07) is 7.26. The Morgan fingerprint density at radius 3 is 2.47 bits per heavy atom. The number of benzene rings is 1. The maximum absolute atomic E-state index is 11.2. The largest absolute Gasteiger partial charge is 0.399 e. The molecule has 0 aliphatic carbocycles. The molecule has 0 saturated heterocycles. The molecule has 4 heteroatoms. The highest BCUT2D eigenvalue weighted by molar-refractivity contribution is 9.09. The van der Waals surface area contributed by atoms with Crippen LogP contribution >= 0.6 is 15.9 Å². The predicted molar refractivity (Wildman–Crippen MR) is 66.7 cm³/mol. The van der Waals surface area contributed by atoms with Crippen molar-refractivity contribution in [1.82, 2.24) is 0 Å². The predicted octanol–water partition coefficient (Wildman–Crippen LogP) is 2.34. The molecule has 0 fully saturated rings. The number of carbonyl (C=O) groups is 1. The van der Waals surface area contributed by atoms with Crippen molar-refractivity contribution in [1.29, 1.82) is 0 Å². The SMILES string of the molecule is C=C(N)c1ccc(NC(=O)CCBr)cc1. The van der Waals surface area contributed by atoms with Crippen LogP contribution < -0.4 is 11.1 Å². The van der Waals surface area contributed by atoms with Gasteiger partial charge >= 0.3 is 0 Å². The fraction of sp³-hybridized carbons (Fsp3) is 0.182. The molecule has 0 aliphatic rings. The second kappa shape index (κ2) is 5.56. The van der Waals surface area contributed by atoms with E-state index < -0.39 is 0 Å². The number of hydrogen-bond donors (Lipinski definition) is 2. The van der Waals surface area contributed by atoms with E-state index in [4.69, 9.17) is 5.73 Å². The zero-order valence-corrected chi connectivity index (χ0v) is 9.88. The van der Waals surface area contributed by atoms with Gasteiger partial charge in [0.1, 0.15) is 0 Å². The van der Waals surface area contributed by atoms with Crippen LogP contribution in [0.5, 0.6) is 0 Å². The summed E-state index contributed by atoms with van der Waals surface area (Å²) in [6.07, 6.45) is 0.464. The molecule has 0 saturated carbocycles. The van der Waals surface area contributed by atoms with E-state index in [9.17, 15) is 4.79 Å². The summed E-state index contributed by atoms with van der Waals surface area (Å²) in [7, 11) is 0. The molecule has 0 bridgehead atoms. The molecule has 0 unspecified atom stereocenters. The number of anilines is 1. The van der Waals surface area contributed by atoms with E-state index in [1.165, 1.54) is 0 Å². The van der Waals surface area contributed by atoms with Gasteiger partial charge in [0.05, 0.1) is 0 Å². The van der Waals surface area contributed by atoms with Gasteiger partial charge < -0.3 is 11.1 Å². The van der Waals surface area contributed by atoms with Gasteiger partial charge in [0.15, 0.2) is 0 Å². The average Bonchev–Trinajstić information content (AvgIpc) is 2.18. The maximum Gasteiger partial charge on any atom is 0.225 e. The molecule has 1 aromatic carbocycles. The summed E-state index contributed by atoms with van der Waals surface area (Å²) in [5, 5.41) is 3.43. The van der Waals surface area contributed by atoms with Gasteiger partial charge in [0.25, 0.3) is 0 Å². The van der Waals surface area contributed by atoms with Gasteiger partial charge in [-0.2, -0.15) is 0 Å². The first-order valence-corrected chi connectivity index (χ1v) is 5.66. The highest BCUT2D eigenvalue weighted by Crippen LogP contribution is 2.13. The second-order valence-electron chi connectivity index (χ2n) is 3.09. The highest BCUT2D eigenvalue weighted by Gasteiger charge is 2.01. The van der Waals surface area contributed by atoms with E-state index in [0.717, 1.165) is 11.3 Å². The zero-order valence-electron chi connectivity index (χ0n) is 8.29. The van der Waals surface area contributed by atoms with E-state index in [2.05, 4.69) is 27.8 Å². The Kier molecular flexibility index (Phi) is 4.37. The van der Waals surface area contributed by atoms with Crippen molar-refractivity contribution in [3.05, 3.63) is 36.4 Å². The van der Waals surface area contributed by atoms with Crippen molar-refractivity contribution in [2.24, 2.45) is 5.73 Å². The number of nitrogens with one attached hydrogen (secondary N) is 1. The molecule has 0 aliphatic heterocycles. The van der Waals surface area contributed by atoms with E-state index in [-0.39, 0.29) is 5.91 Å². The van der Waals surface area contributed by atoms with Crippen molar-refractivity contribution in [2.45, 2.75) is 6.42 Å². The lowest BCUT2D eigenvalue weighted by Gasteiger charge is -2.05. The Hall–Kier alpha value is -1.29. The molecule has 1 rings (SSSR count). The molecule has 3 N–H and O–H groups in total. The third-order valence-electron chi connectivity index (χ3n) is 1.86. The summed E-state index contributed by atoms with van der Waals surface area (Å²) < 4.78 is 0. The summed E-state index contributed by atoms with van der Waals surface area (Å²) in [6.45, 7) is 3.63. The van der Waals surface area contributed by atoms with Crippen LogP contribution in [-0.2, 0) is 4.79 Å². The number of nitrogens with two attached hydrogens (primary N) is 1. The minimum absolute atomic E-state index is 0.00815. The number of halogens is 1. The summed E-state index contributed by atoms with van der Waals surface area (Å²) in [4.78, 5) is 11.2. The van der Waals surface area contributed by atoms with Crippen molar-refractivity contribution in [3.63, 3.8) is 0 Å². The molecule has 15 heavy (non-hydrogen) atoms. The van der Waals surface area contributed by atoms with E-state index in [0.29, 0.717) is 17.4 Å². The van der Waals surface area contributed by atoms with Crippen LogP contribution in [0.3, 0.4) is 0 Å². The molecule has 3 nitrogen and oxygen atoms in total. The van der Waals surface area contributed by atoms with Crippen LogP contribution in [0.25, 0.3) is 5.70 Å². The number of alkyl halides is 1. The van der Waals surface area contributed by atoms with Crippen molar-refractivity contribution in [2.75, 3.05) is 10.6 Å². The second-order valence-corrected chi connectivity index (χ2v) is 3.88. The third-order valence-corrected chi connectivity index (χ3v) is 2.26. The zero-order chi connectivity index (χ0) is 11.3. The monoisotopic (exact) mass is 268 g/mol. The standard InChI is InChI=1S/C11H13BrN2O/c1-8(13)9-2-4-10(5-3-9)14-11(15)6-7-12/h2-5H,1,6-7,13H2,(H,14,15). The number of amides is 1. The first-order chi connectivity index (χ1) is 7.13. The highest BCUT2D eigenvalue weighted by atomic mass is 79.9. The van der Waals surface area contributed by atoms with E-state index in [1.807, 2.05) is 12.1 Å². The van der Waals surface area contributed by atoms with Crippen LogP contribution in [0.2, 0.25) is 0 Å². The first-order valence-electron chi connectivity index (χ1n) is 4.54. The van der Waals surface area contributed by atoms with Crippen LogP contribution in [0.15, 0.2) is 30.8 Å². The fourth-order valence-electron chi connectivity index (χ4n) is 1.08. The Bertz CT molecular complexity index is 359. The molecule has 0 spiro atoms. The van der Waals surface area contributed by atoms with Gasteiger partial charge in [-0.3, -0.25) is 4.79 Å². The van der Waals surface area contributed by atoms with Crippen LogP contribution in [0.1, 0.15) is 12.0 Å². The van der Waals surface area contributed by atoms with Gasteiger partial charge in [-0.05, 0) is 17.7 Å². The summed E-state index contributed by atoms with van der Waals surface area (Å²) in [5.41, 5.74) is 7.68. The Morgan fingerprint density at radius 2 is 2.00 bits per heavy atom. The lowest BCUT2D eigenvalue weighted by molar-refractivity contribution is -0.115. The molecular weight excluding hydrogens is 256 g/mol. The van der Waals surface area contributed by atoms with Crippen molar-refractivity contribution in [3.8, 4) is 0 Å². The van der Waals surface area contributed by atoms with Crippen LogP contribution in [0.4, 0.5) is 5.69 Å². The normalized spacial score (nSPS) is 9.67. The minimum atomic E-state index is -0.00815. The van der Waals surface area contributed by atoms with Gasteiger partial charge in [0.2, 0.25) is 5.91 Å². The fourth-order valence-corrected chi connectivity index (χ4v) is 1.44. The molecule has 0 atom stereocenters. The van der Waals surface area contributed by atoms with Crippen LogP contribution in [0, 0.1) is 0 Å². The van der Waals surface area contributed by atoms with Gasteiger partial charge in [0, 0.05) is 23.1 Å². The number of rotatable bonds is 4. The van der Waals surface area contributed by atoms with E-state index >= 15 is 0 Å². The first kappa shape index (κ1) is 11.8. The topological polar surface area (TPSA) is 55.1 Å². The quantitative estimate of drug-likeness (QED) is 0.824. The van der Waals surface area contributed by atoms with Gasteiger partial charge in [-0.25, -0.2) is 0 Å². The lowest BCUT2D eigenvalue weighted by atomic mass is 10.1. The van der Waals surface area contributed by atoms with E-state index in [1.54, 1.807) is 12.1 Å². The number of carbonyl (C=O) groups excluding carboxylic acids is 1. The molecule has 1 aromatic rings. The molecule has 80 valence electrons. The number of hydrogen-bond acceptors (Lipinski definition) is 2. The molecule has 0 aromatic heterocycles. The third kappa shape index (κ3) is 3.75. The van der Waals surface area contributed by atoms with Gasteiger partial charge in [-0.1, -0.05) is 34.6 Å². The smallest absolute Gasteiger partial charge is 0.225 e. The molecule has 1 amide bonds.